The van der Waals surface area contributed by atoms with E-state index in [9.17, 15) is 0 Å². The van der Waals surface area contributed by atoms with Gasteiger partial charge in [0.05, 0.1) is 0 Å². The zero-order valence-corrected chi connectivity index (χ0v) is 17.7. The van der Waals surface area contributed by atoms with E-state index in [2.05, 4.69) is 0 Å². The van der Waals surface area contributed by atoms with Crippen LogP contribution < -0.4 is 140 Å². The molecule has 0 aromatic heterocycles. The van der Waals surface area contributed by atoms with Gasteiger partial charge in [-0.2, -0.15) is 0 Å². The summed E-state index contributed by atoms with van der Waals surface area (Å²) in [5, 5.41) is 0. The molecule has 0 heterocycles. The van der Waals surface area contributed by atoms with E-state index in [-0.39, 0.29) is 147 Å². The van der Waals surface area contributed by atoms with Crippen LogP contribution in [0, 0.1) is 0 Å². The first-order valence-electron chi connectivity index (χ1n) is 0.833. The molecule has 0 fully saturated rings. The third-order valence-corrected chi connectivity index (χ3v) is 1.00. The second-order valence-electron chi connectivity index (χ2n) is 0.408. The number of hydrogen-bond acceptors (Lipinski definition) is 5. The zero-order valence-electron chi connectivity index (χ0n) is 7.90. The Labute approximate surface area is 180 Å². The first-order valence-corrected chi connectivity index (χ1v) is 3.50. The predicted octanol–water partition coefficient (Wildman–Crippen LogP) is -13.4. The molecule has 0 rings (SSSR count). The Kier molecular flexibility index (Phi) is 79.2. The van der Waals surface area contributed by atoms with Gasteiger partial charge in [0.25, 0.3) is 0 Å². The van der Waals surface area contributed by atoms with Crippen LogP contribution in [-0.2, 0) is 20.2 Å². The molecular weight excluding hydrogens is 252 g/mol. The largest absolute Gasteiger partial charge is 1.00 e. The molecule has 0 radical (unpaired) electrons. The van der Waals surface area contributed by atoms with Crippen LogP contribution in [0.4, 0.5) is 0 Å². The van der Waals surface area contributed by atoms with E-state index in [1.807, 2.05) is 0 Å². The summed E-state index contributed by atoms with van der Waals surface area (Å²) in [5.74, 6) is 0. The fourth-order valence-corrected chi connectivity index (χ4v) is 0. The van der Waals surface area contributed by atoms with Crippen molar-refractivity contribution in [2.24, 2.45) is 0 Å². The minimum absolute atomic E-state index is 0. The fraction of sp³-hybridized carbons (Fsp3) is 0. The van der Waals surface area contributed by atoms with E-state index in [1.165, 1.54) is 0 Å². The van der Waals surface area contributed by atoms with E-state index in [0.717, 1.165) is 0 Å². The molecule has 0 bridgehead atoms. The van der Waals surface area contributed by atoms with Gasteiger partial charge >= 0.3 is 140 Å². The van der Waals surface area contributed by atoms with Gasteiger partial charge < -0.3 is 16.0 Å². The topological polar surface area (TPSA) is 110 Å². The smallest absolute Gasteiger partial charge is 1.00 e. The summed E-state index contributed by atoms with van der Waals surface area (Å²) < 4.78 is 36.3. The molecule has 5 nitrogen and oxygen atoms in total. The molecule has 48 valence electrons. The number of hydrogen-bond donors (Lipinski definition) is 0. The summed E-state index contributed by atoms with van der Waals surface area (Å²) in [5.41, 5.74) is 0. The van der Waals surface area contributed by atoms with Crippen molar-refractivity contribution in [3.05, 3.63) is 0 Å². The van der Waals surface area contributed by atoms with Gasteiger partial charge in [-0.3, -0.25) is 8.42 Å². The SMILES string of the molecule is O=S([O-])S(=O)[O-].[H-].[K+].[Na+].[Na+].[Na+].[OH-]. The van der Waals surface area contributed by atoms with Crippen LogP contribution in [0.5, 0.6) is 0 Å². The summed E-state index contributed by atoms with van der Waals surface area (Å²) in [6.07, 6.45) is 0. The van der Waals surface area contributed by atoms with Crippen molar-refractivity contribution < 1.29 is 164 Å². The Bertz CT molecular complexity index is 90.7. The van der Waals surface area contributed by atoms with Crippen molar-refractivity contribution in [2.45, 2.75) is 0 Å². The molecule has 0 aliphatic carbocycles. The van der Waals surface area contributed by atoms with Crippen LogP contribution in [0.1, 0.15) is 1.43 Å². The van der Waals surface area contributed by atoms with Crippen molar-refractivity contribution in [1.29, 1.82) is 0 Å². The molecule has 2 unspecified atom stereocenters. The van der Waals surface area contributed by atoms with Crippen LogP contribution in [0.15, 0.2) is 0 Å². The standard InChI is InChI=1S/K.3Na.H2O4S2.H2O.H/c;;;;1-5(2)6(3)4;;/h;;;;(H,1,2)(H,3,4);1H2;/q4*+1;;;-1/p-3. The molecule has 1 N–H and O–H groups in total. The summed E-state index contributed by atoms with van der Waals surface area (Å²) in [7, 11) is -5.90. The molecule has 0 spiro atoms. The van der Waals surface area contributed by atoms with Crippen LogP contribution >= 0.6 is 0 Å². The molecule has 0 saturated heterocycles. The van der Waals surface area contributed by atoms with E-state index < -0.39 is 20.2 Å². The van der Waals surface area contributed by atoms with Gasteiger partial charge in [0.1, 0.15) is 0 Å². The molecule has 0 aliphatic rings. The average molecular weight is 254 g/mol. The van der Waals surface area contributed by atoms with Gasteiger partial charge in [0.15, 0.2) is 0 Å². The Morgan fingerprint density at radius 3 is 1.00 bits per heavy atom. The second-order valence-corrected chi connectivity index (χ2v) is 2.86. The maximum absolute atomic E-state index is 9.09. The second kappa shape index (κ2) is 24.2. The van der Waals surface area contributed by atoms with Gasteiger partial charge in [-0.15, -0.1) is 0 Å². The summed E-state index contributed by atoms with van der Waals surface area (Å²) >= 11 is 0. The zero-order chi connectivity index (χ0) is 5.15. The summed E-state index contributed by atoms with van der Waals surface area (Å²) in [6, 6.07) is 0. The summed E-state index contributed by atoms with van der Waals surface area (Å²) in [4.78, 5) is 0. The number of rotatable bonds is 1. The van der Waals surface area contributed by atoms with E-state index in [4.69, 9.17) is 17.5 Å². The van der Waals surface area contributed by atoms with Gasteiger partial charge in [0.2, 0.25) is 0 Å². The molecule has 0 aliphatic heterocycles. The maximum Gasteiger partial charge on any atom is 1.00 e. The van der Waals surface area contributed by atoms with E-state index in [0.29, 0.717) is 0 Å². The molecule has 0 saturated carbocycles. The third kappa shape index (κ3) is 31.3. The Morgan fingerprint density at radius 1 is 0.909 bits per heavy atom. The Morgan fingerprint density at radius 2 is 1.00 bits per heavy atom. The van der Waals surface area contributed by atoms with Gasteiger partial charge in [-0.25, -0.2) is 0 Å². The van der Waals surface area contributed by atoms with E-state index >= 15 is 0 Å². The van der Waals surface area contributed by atoms with Crippen LogP contribution in [0.2, 0.25) is 0 Å². The molecule has 2 atom stereocenters. The average Bonchev–Trinajstić information content (AvgIpc) is 1.36. The van der Waals surface area contributed by atoms with Crippen LogP contribution in [0.3, 0.4) is 0 Å². The van der Waals surface area contributed by atoms with Crippen molar-refractivity contribution >= 4 is 20.2 Å². The normalized spacial score (nSPS) is 10.7. The molecule has 0 aromatic rings. The first kappa shape index (κ1) is 36.0. The van der Waals surface area contributed by atoms with E-state index in [1.54, 1.807) is 0 Å². The van der Waals surface area contributed by atoms with Crippen molar-refractivity contribution in [1.82, 2.24) is 0 Å². The third-order valence-electron chi connectivity index (χ3n) is 0.111. The molecular formula is H2KNa3O5S2. The molecule has 0 aromatic carbocycles. The van der Waals surface area contributed by atoms with Gasteiger partial charge in [0, 0.05) is 20.2 Å². The Hall–Kier alpha value is 4.82. The first-order chi connectivity index (χ1) is 2.64. The molecule has 0 amide bonds. The Balaban J connectivity index is -0.00000000833. The fourth-order valence-electron chi connectivity index (χ4n) is 0. The monoisotopic (exact) mass is 254 g/mol. The molecule has 11 heavy (non-hydrogen) atoms. The van der Waals surface area contributed by atoms with Crippen LogP contribution in [0.25, 0.3) is 0 Å². The van der Waals surface area contributed by atoms with Crippen LogP contribution in [-0.4, -0.2) is 23.0 Å². The minimum Gasteiger partial charge on any atom is -1.00 e. The van der Waals surface area contributed by atoms with Crippen molar-refractivity contribution in [3.63, 3.8) is 0 Å². The van der Waals surface area contributed by atoms with Crippen molar-refractivity contribution in [3.8, 4) is 0 Å². The maximum atomic E-state index is 9.09. The predicted molar refractivity (Wildman–Crippen MR) is 20.9 cm³/mol. The van der Waals surface area contributed by atoms with Gasteiger partial charge in [-0.1, -0.05) is 0 Å². The molecule has 11 heteroatoms. The summed E-state index contributed by atoms with van der Waals surface area (Å²) in [6.45, 7) is 0. The quantitative estimate of drug-likeness (QED) is 0.262. The van der Waals surface area contributed by atoms with Crippen molar-refractivity contribution in [2.75, 3.05) is 0 Å². The minimum atomic E-state index is -2.95. The van der Waals surface area contributed by atoms with Gasteiger partial charge in [-0.05, 0) is 0 Å².